The molecule has 0 bridgehead atoms. The van der Waals surface area contributed by atoms with Gasteiger partial charge in [-0.25, -0.2) is 4.68 Å². The summed E-state index contributed by atoms with van der Waals surface area (Å²) in [6.07, 6.45) is 4.83. The van der Waals surface area contributed by atoms with Gasteiger partial charge in [0.05, 0.1) is 18.5 Å². The maximum absolute atomic E-state index is 12.6. The standard InChI is InChI=1S/C19H26N4O2/c1-2-12-25-17-14-23(16-6-4-3-5-7-16)22-18(17)19(24)21-11-9-15-8-10-20-13-15/h3-7,14-15,20H,2,8-13H2,1H3,(H,21,24). The van der Waals surface area contributed by atoms with Gasteiger partial charge in [-0.2, -0.15) is 5.10 Å². The van der Waals surface area contributed by atoms with Crippen molar-refractivity contribution in [2.75, 3.05) is 26.2 Å². The Kier molecular flexibility index (Phi) is 6.06. The molecule has 1 amide bonds. The van der Waals surface area contributed by atoms with Crippen LogP contribution in [0.1, 0.15) is 36.7 Å². The third kappa shape index (κ3) is 4.60. The Labute approximate surface area is 148 Å². The van der Waals surface area contributed by atoms with Gasteiger partial charge >= 0.3 is 0 Å². The van der Waals surface area contributed by atoms with E-state index in [9.17, 15) is 4.79 Å². The second-order valence-corrected chi connectivity index (χ2v) is 6.37. The Hall–Kier alpha value is -2.34. The summed E-state index contributed by atoms with van der Waals surface area (Å²) in [5, 5.41) is 10.8. The summed E-state index contributed by atoms with van der Waals surface area (Å²) in [6, 6.07) is 9.74. The van der Waals surface area contributed by atoms with Gasteiger partial charge < -0.3 is 15.4 Å². The fourth-order valence-electron chi connectivity index (χ4n) is 2.98. The minimum Gasteiger partial charge on any atom is -0.489 e. The van der Waals surface area contributed by atoms with E-state index in [2.05, 4.69) is 15.7 Å². The highest BCUT2D eigenvalue weighted by Crippen LogP contribution is 2.20. The van der Waals surface area contributed by atoms with E-state index in [1.807, 2.05) is 37.3 Å². The van der Waals surface area contributed by atoms with Gasteiger partial charge in [0, 0.05) is 6.54 Å². The number of amides is 1. The second kappa shape index (κ2) is 8.67. The van der Waals surface area contributed by atoms with Gasteiger partial charge in [0.2, 0.25) is 0 Å². The molecule has 1 atom stereocenters. The first-order valence-electron chi connectivity index (χ1n) is 9.04. The third-order valence-electron chi connectivity index (χ3n) is 4.38. The predicted octanol–water partition coefficient (Wildman–Crippen LogP) is 2.39. The van der Waals surface area contributed by atoms with E-state index >= 15 is 0 Å². The van der Waals surface area contributed by atoms with Gasteiger partial charge in [-0.1, -0.05) is 25.1 Å². The second-order valence-electron chi connectivity index (χ2n) is 6.37. The molecule has 1 aliphatic heterocycles. The molecule has 0 radical (unpaired) electrons. The molecule has 2 heterocycles. The number of rotatable bonds is 8. The molecule has 2 N–H and O–H groups in total. The van der Waals surface area contributed by atoms with Crippen molar-refractivity contribution in [2.24, 2.45) is 5.92 Å². The van der Waals surface area contributed by atoms with E-state index in [4.69, 9.17) is 4.74 Å². The van der Waals surface area contributed by atoms with Crippen molar-refractivity contribution in [3.63, 3.8) is 0 Å². The number of carbonyl (C=O) groups is 1. The summed E-state index contributed by atoms with van der Waals surface area (Å²) >= 11 is 0. The normalized spacial score (nSPS) is 16.8. The fraction of sp³-hybridized carbons (Fsp3) is 0.474. The average Bonchev–Trinajstić information content (AvgIpc) is 3.30. The van der Waals surface area contributed by atoms with E-state index in [1.165, 1.54) is 6.42 Å². The van der Waals surface area contributed by atoms with Crippen molar-refractivity contribution in [2.45, 2.75) is 26.2 Å². The Bertz CT molecular complexity index is 678. The Morgan fingerprint density at radius 3 is 2.96 bits per heavy atom. The largest absolute Gasteiger partial charge is 0.489 e. The van der Waals surface area contributed by atoms with E-state index < -0.39 is 0 Å². The number of nitrogens with zero attached hydrogens (tertiary/aromatic N) is 2. The number of para-hydroxylation sites is 1. The molecule has 0 spiro atoms. The first kappa shape index (κ1) is 17.5. The summed E-state index contributed by atoms with van der Waals surface area (Å²) in [6.45, 7) is 5.39. The van der Waals surface area contributed by atoms with Gasteiger partial charge in [0.1, 0.15) is 0 Å². The molecule has 0 aliphatic carbocycles. The van der Waals surface area contributed by atoms with Crippen LogP contribution in [0.4, 0.5) is 0 Å². The van der Waals surface area contributed by atoms with Crippen LogP contribution in [-0.4, -0.2) is 41.9 Å². The Morgan fingerprint density at radius 1 is 1.40 bits per heavy atom. The number of benzene rings is 1. The molecule has 1 fully saturated rings. The summed E-state index contributed by atoms with van der Waals surface area (Å²) in [5.74, 6) is 1.01. The minimum absolute atomic E-state index is 0.174. The van der Waals surface area contributed by atoms with E-state index in [0.29, 0.717) is 30.5 Å². The molecule has 25 heavy (non-hydrogen) atoms. The average molecular weight is 342 g/mol. The summed E-state index contributed by atoms with van der Waals surface area (Å²) < 4.78 is 7.43. The van der Waals surface area contributed by atoms with Gasteiger partial charge in [0.25, 0.3) is 5.91 Å². The number of ether oxygens (including phenoxy) is 1. The minimum atomic E-state index is -0.174. The molecule has 6 heteroatoms. The number of nitrogens with one attached hydrogen (secondary N) is 2. The molecule has 1 aliphatic rings. The number of hydrogen-bond donors (Lipinski definition) is 2. The van der Waals surface area contributed by atoms with Crippen molar-refractivity contribution in [3.8, 4) is 11.4 Å². The molecule has 0 saturated carbocycles. The Morgan fingerprint density at radius 2 is 2.24 bits per heavy atom. The monoisotopic (exact) mass is 342 g/mol. The molecule has 134 valence electrons. The molecule has 1 saturated heterocycles. The zero-order chi connectivity index (χ0) is 17.5. The fourth-order valence-corrected chi connectivity index (χ4v) is 2.98. The molecule has 1 aromatic heterocycles. The number of aromatic nitrogens is 2. The van der Waals surface area contributed by atoms with Crippen molar-refractivity contribution >= 4 is 5.91 Å². The molecular formula is C19H26N4O2. The molecule has 2 aromatic rings. The number of carbonyl (C=O) groups excluding carboxylic acids is 1. The van der Waals surface area contributed by atoms with E-state index in [0.717, 1.165) is 31.6 Å². The highest BCUT2D eigenvalue weighted by molar-refractivity contribution is 5.94. The van der Waals surface area contributed by atoms with Crippen molar-refractivity contribution < 1.29 is 9.53 Å². The van der Waals surface area contributed by atoms with Crippen LogP contribution in [0, 0.1) is 5.92 Å². The first-order valence-corrected chi connectivity index (χ1v) is 9.04. The van der Waals surface area contributed by atoms with Crippen LogP contribution in [0.5, 0.6) is 5.75 Å². The third-order valence-corrected chi connectivity index (χ3v) is 4.38. The maximum atomic E-state index is 12.6. The van der Waals surface area contributed by atoms with Gasteiger partial charge in [-0.3, -0.25) is 4.79 Å². The lowest BCUT2D eigenvalue weighted by molar-refractivity contribution is 0.0942. The predicted molar refractivity (Wildman–Crippen MR) is 97.3 cm³/mol. The van der Waals surface area contributed by atoms with Crippen LogP contribution < -0.4 is 15.4 Å². The van der Waals surface area contributed by atoms with Crippen LogP contribution in [0.15, 0.2) is 36.5 Å². The van der Waals surface area contributed by atoms with Crippen molar-refractivity contribution in [3.05, 3.63) is 42.2 Å². The van der Waals surface area contributed by atoms with E-state index in [-0.39, 0.29) is 5.91 Å². The van der Waals surface area contributed by atoms with Crippen molar-refractivity contribution in [1.29, 1.82) is 0 Å². The van der Waals surface area contributed by atoms with Gasteiger partial charge in [-0.15, -0.1) is 0 Å². The summed E-state index contributed by atoms with van der Waals surface area (Å²) in [4.78, 5) is 12.6. The van der Waals surface area contributed by atoms with Crippen LogP contribution in [-0.2, 0) is 0 Å². The summed E-state index contributed by atoms with van der Waals surface area (Å²) in [5.41, 5.74) is 1.25. The lowest BCUT2D eigenvalue weighted by Gasteiger charge is -2.09. The SMILES string of the molecule is CCCOc1cn(-c2ccccc2)nc1C(=O)NCCC1CCNC1. The highest BCUT2D eigenvalue weighted by atomic mass is 16.5. The molecule has 3 rings (SSSR count). The van der Waals surface area contributed by atoms with Crippen LogP contribution in [0.25, 0.3) is 5.69 Å². The molecule has 1 aromatic carbocycles. The van der Waals surface area contributed by atoms with Crippen LogP contribution in [0.3, 0.4) is 0 Å². The zero-order valence-corrected chi connectivity index (χ0v) is 14.7. The first-order chi connectivity index (χ1) is 12.3. The maximum Gasteiger partial charge on any atom is 0.275 e. The lowest BCUT2D eigenvalue weighted by Crippen LogP contribution is -2.27. The molecule has 1 unspecified atom stereocenters. The van der Waals surface area contributed by atoms with Crippen LogP contribution in [0.2, 0.25) is 0 Å². The van der Waals surface area contributed by atoms with E-state index in [1.54, 1.807) is 10.9 Å². The Balaban J connectivity index is 1.68. The summed E-state index contributed by atoms with van der Waals surface area (Å²) in [7, 11) is 0. The van der Waals surface area contributed by atoms with Gasteiger partial charge in [-0.05, 0) is 50.4 Å². The number of hydrogen-bond acceptors (Lipinski definition) is 4. The quantitative estimate of drug-likeness (QED) is 0.773. The van der Waals surface area contributed by atoms with Gasteiger partial charge in [0.15, 0.2) is 11.4 Å². The topological polar surface area (TPSA) is 68.2 Å². The van der Waals surface area contributed by atoms with Crippen molar-refractivity contribution in [1.82, 2.24) is 20.4 Å². The lowest BCUT2D eigenvalue weighted by atomic mass is 10.1. The molecular weight excluding hydrogens is 316 g/mol. The molecule has 6 nitrogen and oxygen atoms in total. The zero-order valence-electron chi connectivity index (χ0n) is 14.7. The highest BCUT2D eigenvalue weighted by Gasteiger charge is 2.20. The smallest absolute Gasteiger partial charge is 0.275 e. The van der Waals surface area contributed by atoms with Crippen LogP contribution >= 0.6 is 0 Å².